The molecule has 0 aliphatic heterocycles. The van der Waals surface area contributed by atoms with E-state index in [1.54, 1.807) is 0 Å². The fourth-order valence-electron chi connectivity index (χ4n) is 1.57. The van der Waals surface area contributed by atoms with Gasteiger partial charge in [0, 0.05) is 5.56 Å². The van der Waals surface area contributed by atoms with Gasteiger partial charge in [-0.05, 0) is 29.9 Å². The molecule has 1 heterocycles. The molecule has 0 saturated carbocycles. The maximum absolute atomic E-state index is 6.08. The fourth-order valence-corrected chi connectivity index (χ4v) is 2.21. The standard InChI is InChI=1S/C11H16Cl2N2/c1-6(2)5-8-9(7(3)4)10(12)15-11(13)14-8/h6-7H,5H2,1-4H3. The minimum atomic E-state index is 0.236. The first-order valence-corrected chi connectivity index (χ1v) is 5.89. The third-order valence-corrected chi connectivity index (χ3v) is 2.59. The van der Waals surface area contributed by atoms with Crippen molar-refractivity contribution >= 4 is 23.2 Å². The van der Waals surface area contributed by atoms with E-state index in [1.165, 1.54) is 0 Å². The van der Waals surface area contributed by atoms with Crippen molar-refractivity contribution < 1.29 is 0 Å². The lowest BCUT2D eigenvalue weighted by Crippen LogP contribution is -2.06. The van der Waals surface area contributed by atoms with Gasteiger partial charge < -0.3 is 0 Å². The maximum atomic E-state index is 6.08. The van der Waals surface area contributed by atoms with E-state index in [0.29, 0.717) is 17.0 Å². The van der Waals surface area contributed by atoms with Crippen LogP contribution in [0.4, 0.5) is 0 Å². The van der Waals surface area contributed by atoms with Crippen LogP contribution in [0.15, 0.2) is 0 Å². The third kappa shape index (κ3) is 3.32. The zero-order valence-corrected chi connectivity index (χ0v) is 11.0. The van der Waals surface area contributed by atoms with Gasteiger partial charge in [-0.15, -0.1) is 0 Å². The molecule has 0 bridgehead atoms. The molecule has 1 aromatic rings. The Morgan fingerprint density at radius 1 is 1.07 bits per heavy atom. The van der Waals surface area contributed by atoms with Crippen LogP contribution in [0.5, 0.6) is 0 Å². The van der Waals surface area contributed by atoms with E-state index in [4.69, 9.17) is 23.2 Å². The van der Waals surface area contributed by atoms with E-state index in [-0.39, 0.29) is 5.28 Å². The summed E-state index contributed by atoms with van der Waals surface area (Å²) < 4.78 is 0. The molecular formula is C11H16Cl2N2. The maximum Gasteiger partial charge on any atom is 0.224 e. The zero-order chi connectivity index (χ0) is 11.6. The lowest BCUT2D eigenvalue weighted by molar-refractivity contribution is 0.622. The van der Waals surface area contributed by atoms with E-state index in [0.717, 1.165) is 17.7 Å². The van der Waals surface area contributed by atoms with Crippen molar-refractivity contribution in [3.05, 3.63) is 21.7 Å². The van der Waals surface area contributed by atoms with Crippen molar-refractivity contribution in [3.8, 4) is 0 Å². The Labute approximate surface area is 101 Å². The molecule has 0 aliphatic rings. The molecule has 2 nitrogen and oxygen atoms in total. The van der Waals surface area contributed by atoms with Gasteiger partial charge in [-0.25, -0.2) is 9.97 Å². The summed E-state index contributed by atoms with van der Waals surface area (Å²) in [6.45, 7) is 8.46. The van der Waals surface area contributed by atoms with E-state index in [2.05, 4.69) is 37.7 Å². The summed E-state index contributed by atoms with van der Waals surface area (Å²) in [4.78, 5) is 8.25. The van der Waals surface area contributed by atoms with Gasteiger partial charge in [0.2, 0.25) is 5.28 Å². The van der Waals surface area contributed by atoms with Crippen LogP contribution in [0, 0.1) is 5.92 Å². The molecule has 0 N–H and O–H groups in total. The molecule has 84 valence electrons. The summed E-state index contributed by atoms with van der Waals surface area (Å²) in [5.41, 5.74) is 2.00. The summed E-state index contributed by atoms with van der Waals surface area (Å²) in [5, 5.41) is 0.723. The Morgan fingerprint density at radius 2 is 1.67 bits per heavy atom. The van der Waals surface area contributed by atoms with Crippen molar-refractivity contribution in [1.82, 2.24) is 9.97 Å². The van der Waals surface area contributed by atoms with Crippen molar-refractivity contribution in [2.24, 2.45) is 5.92 Å². The molecule has 0 atom stereocenters. The first-order chi connectivity index (χ1) is 6.91. The minimum Gasteiger partial charge on any atom is -0.223 e. The zero-order valence-electron chi connectivity index (χ0n) is 9.51. The Balaban J connectivity index is 3.20. The SMILES string of the molecule is CC(C)Cc1nc(Cl)nc(Cl)c1C(C)C. The summed E-state index contributed by atoms with van der Waals surface area (Å²) in [6, 6.07) is 0. The van der Waals surface area contributed by atoms with Gasteiger partial charge in [0.15, 0.2) is 0 Å². The quantitative estimate of drug-likeness (QED) is 0.593. The second-order valence-corrected chi connectivity index (χ2v) is 5.09. The summed E-state index contributed by atoms with van der Waals surface area (Å²) >= 11 is 11.9. The van der Waals surface area contributed by atoms with Crippen LogP contribution in [-0.4, -0.2) is 9.97 Å². The first kappa shape index (κ1) is 12.7. The largest absolute Gasteiger partial charge is 0.224 e. The van der Waals surface area contributed by atoms with Crippen molar-refractivity contribution in [2.45, 2.75) is 40.0 Å². The second-order valence-electron chi connectivity index (χ2n) is 4.40. The highest BCUT2D eigenvalue weighted by atomic mass is 35.5. The Hall–Kier alpha value is -0.340. The van der Waals surface area contributed by atoms with Crippen molar-refractivity contribution in [3.63, 3.8) is 0 Å². The Kier molecular flexibility index (Phi) is 4.35. The van der Waals surface area contributed by atoms with Gasteiger partial charge in [-0.1, -0.05) is 39.3 Å². The minimum absolute atomic E-state index is 0.236. The molecule has 1 aromatic heterocycles. The van der Waals surface area contributed by atoms with Crippen LogP contribution in [0.1, 0.15) is 44.9 Å². The first-order valence-electron chi connectivity index (χ1n) is 5.13. The molecule has 0 aromatic carbocycles. The van der Waals surface area contributed by atoms with Crippen LogP contribution >= 0.6 is 23.2 Å². The van der Waals surface area contributed by atoms with Crippen LogP contribution in [0.3, 0.4) is 0 Å². The van der Waals surface area contributed by atoms with Crippen LogP contribution in [0.25, 0.3) is 0 Å². The van der Waals surface area contributed by atoms with Gasteiger partial charge in [-0.3, -0.25) is 0 Å². The third-order valence-electron chi connectivity index (χ3n) is 2.13. The molecule has 0 radical (unpaired) electrons. The van der Waals surface area contributed by atoms with Crippen LogP contribution in [-0.2, 0) is 6.42 Å². The molecule has 0 spiro atoms. The number of aromatic nitrogens is 2. The highest BCUT2D eigenvalue weighted by molar-refractivity contribution is 6.32. The average molecular weight is 247 g/mol. The molecule has 0 fully saturated rings. The molecule has 1 rings (SSSR count). The van der Waals surface area contributed by atoms with Crippen LogP contribution in [0.2, 0.25) is 10.4 Å². The topological polar surface area (TPSA) is 25.8 Å². The van der Waals surface area contributed by atoms with Gasteiger partial charge in [0.25, 0.3) is 0 Å². The number of halogens is 2. The van der Waals surface area contributed by atoms with E-state index in [9.17, 15) is 0 Å². The summed E-state index contributed by atoms with van der Waals surface area (Å²) in [5.74, 6) is 0.855. The van der Waals surface area contributed by atoms with Gasteiger partial charge in [-0.2, -0.15) is 0 Å². The monoisotopic (exact) mass is 246 g/mol. The molecule has 0 amide bonds. The average Bonchev–Trinajstić information content (AvgIpc) is 1.99. The number of rotatable bonds is 3. The second kappa shape index (κ2) is 5.13. The highest BCUT2D eigenvalue weighted by Gasteiger charge is 2.16. The lowest BCUT2D eigenvalue weighted by Gasteiger charge is -2.14. The lowest BCUT2D eigenvalue weighted by atomic mass is 9.97. The van der Waals surface area contributed by atoms with Crippen LogP contribution < -0.4 is 0 Å². The van der Waals surface area contributed by atoms with Crippen molar-refractivity contribution in [1.29, 1.82) is 0 Å². The highest BCUT2D eigenvalue weighted by Crippen LogP contribution is 2.27. The predicted octanol–water partition coefficient (Wildman–Crippen LogP) is 4.11. The molecule has 15 heavy (non-hydrogen) atoms. The van der Waals surface area contributed by atoms with Gasteiger partial charge >= 0.3 is 0 Å². The molecular weight excluding hydrogens is 231 g/mol. The molecule has 0 unspecified atom stereocenters. The predicted molar refractivity (Wildman–Crippen MR) is 64.7 cm³/mol. The van der Waals surface area contributed by atoms with Gasteiger partial charge in [0.1, 0.15) is 5.15 Å². The summed E-state index contributed by atoms with van der Waals surface area (Å²) in [7, 11) is 0. The summed E-state index contributed by atoms with van der Waals surface area (Å²) in [6.07, 6.45) is 0.884. The van der Waals surface area contributed by atoms with Gasteiger partial charge in [0.05, 0.1) is 5.69 Å². The molecule has 0 aliphatic carbocycles. The normalized spacial score (nSPS) is 11.5. The van der Waals surface area contributed by atoms with E-state index < -0.39 is 0 Å². The number of nitrogens with zero attached hydrogens (tertiary/aromatic N) is 2. The fraction of sp³-hybridized carbons (Fsp3) is 0.636. The smallest absolute Gasteiger partial charge is 0.223 e. The number of hydrogen-bond acceptors (Lipinski definition) is 2. The Morgan fingerprint density at radius 3 is 2.13 bits per heavy atom. The Bertz CT molecular complexity index is 349. The molecule has 4 heteroatoms. The van der Waals surface area contributed by atoms with E-state index in [1.807, 2.05) is 0 Å². The number of hydrogen-bond donors (Lipinski definition) is 0. The molecule has 0 saturated heterocycles. The van der Waals surface area contributed by atoms with E-state index >= 15 is 0 Å². The van der Waals surface area contributed by atoms with Crippen molar-refractivity contribution in [2.75, 3.05) is 0 Å².